The number of benzene rings is 2. The van der Waals surface area contributed by atoms with Gasteiger partial charge < -0.3 is 23.9 Å². The lowest BCUT2D eigenvalue weighted by Crippen LogP contribution is -2.02. The van der Waals surface area contributed by atoms with Crippen LogP contribution in [0.5, 0.6) is 17.2 Å². The molecular weight excluding hydrogens is 346 g/mol. The van der Waals surface area contributed by atoms with Gasteiger partial charge in [0.25, 0.3) is 0 Å². The molecular formula is C21H21NO5. The van der Waals surface area contributed by atoms with Gasteiger partial charge in [0, 0.05) is 35.0 Å². The summed E-state index contributed by atoms with van der Waals surface area (Å²) in [5, 5.41) is 3.16. The predicted octanol–water partition coefficient (Wildman–Crippen LogP) is 4.49. The van der Waals surface area contributed by atoms with E-state index in [0.29, 0.717) is 28.4 Å². The fourth-order valence-corrected chi connectivity index (χ4v) is 3.11. The molecule has 0 fully saturated rings. The zero-order valence-electron chi connectivity index (χ0n) is 15.7. The minimum atomic E-state index is 0.422. The molecule has 0 spiro atoms. The second-order valence-corrected chi connectivity index (χ2v) is 5.72. The standard InChI is InChI=1S/C21H21NO5/c1-22-16-8-7-13(17-6-5-9-27-17)10-15(16)19-14(12-23)11-18(24-2)20(25-3)21(19)26-4/h5-12,22H,1-4H3. The summed E-state index contributed by atoms with van der Waals surface area (Å²) in [6, 6.07) is 11.2. The Morgan fingerprint density at radius 1 is 1.00 bits per heavy atom. The lowest BCUT2D eigenvalue weighted by molar-refractivity contribution is 0.112. The molecule has 6 heteroatoms. The van der Waals surface area contributed by atoms with Crippen molar-refractivity contribution in [3.05, 3.63) is 48.2 Å². The highest BCUT2D eigenvalue weighted by atomic mass is 16.5. The van der Waals surface area contributed by atoms with Gasteiger partial charge in [0.1, 0.15) is 5.76 Å². The van der Waals surface area contributed by atoms with Crippen molar-refractivity contribution in [2.45, 2.75) is 0 Å². The van der Waals surface area contributed by atoms with Gasteiger partial charge in [-0.15, -0.1) is 0 Å². The van der Waals surface area contributed by atoms with E-state index < -0.39 is 0 Å². The fraction of sp³-hybridized carbons (Fsp3) is 0.190. The van der Waals surface area contributed by atoms with Gasteiger partial charge in [-0.05, 0) is 36.4 Å². The van der Waals surface area contributed by atoms with Gasteiger partial charge in [-0.2, -0.15) is 0 Å². The summed E-state index contributed by atoms with van der Waals surface area (Å²) >= 11 is 0. The van der Waals surface area contributed by atoms with Crippen molar-refractivity contribution in [2.75, 3.05) is 33.7 Å². The molecule has 0 saturated heterocycles. The molecule has 6 nitrogen and oxygen atoms in total. The molecule has 0 unspecified atom stereocenters. The molecule has 1 aromatic heterocycles. The highest BCUT2D eigenvalue weighted by Crippen LogP contribution is 2.48. The number of carbonyl (C=O) groups is 1. The van der Waals surface area contributed by atoms with E-state index >= 15 is 0 Å². The van der Waals surface area contributed by atoms with Crippen LogP contribution in [0, 0.1) is 0 Å². The van der Waals surface area contributed by atoms with Crippen molar-refractivity contribution in [1.82, 2.24) is 0 Å². The summed E-state index contributed by atoms with van der Waals surface area (Å²) < 4.78 is 22.0. The van der Waals surface area contributed by atoms with E-state index in [4.69, 9.17) is 18.6 Å². The maximum Gasteiger partial charge on any atom is 0.203 e. The van der Waals surface area contributed by atoms with Crippen LogP contribution in [-0.4, -0.2) is 34.7 Å². The largest absolute Gasteiger partial charge is 0.493 e. The highest BCUT2D eigenvalue weighted by Gasteiger charge is 2.24. The Morgan fingerprint density at radius 2 is 1.78 bits per heavy atom. The number of anilines is 1. The highest BCUT2D eigenvalue weighted by molar-refractivity contribution is 5.98. The molecule has 140 valence electrons. The van der Waals surface area contributed by atoms with Crippen LogP contribution in [0.3, 0.4) is 0 Å². The molecule has 3 aromatic rings. The molecule has 0 saturated carbocycles. The molecule has 1 N–H and O–H groups in total. The summed E-state index contributed by atoms with van der Waals surface area (Å²) in [6.45, 7) is 0. The van der Waals surface area contributed by atoms with Crippen molar-refractivity contribution >= 4 is 12.0 Å². The number of furan rings is 1. The number of hydrogen-bond donors (Lipinski definition) is 1. The number of carbonyl (C=O) groups excluding carboxylic acids is 1. The average Bonchev–Trinajstić information content (AvgIpc) is 3.26. The van der Waals surface area contributed by atoms with Crippen LogP contribution in [0.4, 0.5) is 5.69 Å². The molecule has 0 aliphatic carbocycles. The molecule has 3 rings (SSSR count). The summed E-state index contributed by atoms with van der Waals surface area (Å²) in [6.07, 6.45) is 2.40. The van der Waals surface area contributed by atoms with E-state index in [9.17, 15) is 4.79 Å². The monoisotopic (exact) mass is 367 g/mol. The third kappa shape index (κ3) is 3.21. The summed E-state index contributed by atoms with van der Waals surface area (Å²) in [4.78, 5) is 11.9. The Bertz CT molecular complexity index is 948. The van der Waals surface area contributed by atoms with Crippen molar-refractivity contribution in [1.29, 1.82) is 0 Å². The van der Waals surface area contributed by atoms with Gasteiger partial charge in [0.2, 0.25) is 5.75 Å². The van der Waals surface area contributed by atoms with Crippen molar-refractivity contribution in [3.8, 4) is 39.7 Å². The minimum absolute atomic E-state index is 0.422. The van der Waals surface area contributed by atoms with E-state index in [-0.39, 0.29) is 0 Å². The Balaban J connectivity index is 2.35. The average molecular weight is 367 g/mol. The second kappa shape index (κ2) is 7.86. The lowest BCUT2D eigenvalue weighted by Gasteiger charge is -2.20. The quantitative estimate of drug-likeness (QED) is 0.620. The third-order valence-corrected chi connectivity index (χ3v) is 4.35. The van der Waals surface area contributed by atoms with Gasteiger partial charge in [-0.3, -0.25) is 4.79 Å². The van der Waals surface area contributed by atoms with Crippen LogP contribution in [0.25, 0.3) is 22.5 Å². The van der Waals surface area contributed by atoms with E-state index in [0.717, 1.165) is 28.9 Å². The van der Waals surface area contributed by atoms with E-state index in [1.165, 1.54) is 21.3 Å². The molecule has 0 atom stereocenters. The molecule has 0 aliphatic rings. The van der Waals surface area contributed by atoms with Crippen molar-refractivity contribution in [3.63, 3.8) is 0 Å². The molecule has 0 radical (unpaired) electrons. The first-order chi connectivity index (χ1) is 13.2. The number of rotatable bonds is 7. The normalized spacial score (nSPS) is 10.4. The lowest BCUT2D eigenvalue weighted by atomic mass is 9.94. The van der Waals surface area contributed by atoms with E-state index in [1.54, 1.807) is 12.3 Å². The second-order valence-electron chi connectivity index (χ2n) is 5.72. The number of ether oxygens (including phenoxy) is 3. The fourth-order valence-electron chi connectivity index (χ4n) is 3.11. The summed E-state index contributed by atoms with van der Waals surface area (Å²) in [7, 11) is 6.40. The third-order valence-electron chi connectivity index (χ3n) is 4.35. The first-order valence-corrected chi connectivity index (χ1v) is 8.32. The first-order valence-electron chi connectivity index (χ1n) is 8.32. The Hall–Kier alpha value is -3.41. The van der Waals surface area contributed by atoms with Gasteiger partial charge in [0.05, 0.1) is 27.6 Å². The molecule has 0 bridgehead atoms. The predicted molar refractivity (Wildman–Crippen MR) is 104 cm³/mol. The van der Waals surface area contributed by atoms with Crippen molar-refractivity contribution in [2.24, 2.45) is 0 Å². The maximum atomic E-state index is 11.9. The van der Waals surface area contributed by atoms with Crippen LogP contribution in [0.1, 0.15) is 10.4 Å². The Kier molecular flexibility index (Phi) is 5.35. The maximum absolute atomic E-state index is 11.9. The van der Waals surface area contributed by atoms with Crippen LogP contribution in [0.15, 0.2) is 47.1 Å². The Morgan fingerprint density at radius 3 is 2.33 bits per heavy atom. The van der Waals surface area contributed by atoms with Crippen LogP contribution in [-0.2, 0) is 0 Å². The minimum Gasteiger partial charge on any atom is -0.493 e. The van der Waals surface area contributed by atoms with Crippen LogP contribution < -0.4 is 19.5 Å². The molecule has 0 aliphatic heterocycles. The van der Waals surface area contributed by atoms with Gasteiger partial charge in [-0.25, -0.2) is 0 Å². The SMILES string of the molecule is CNc1ccc(-c2ccco2)cc1-c1c(C=O)cc(OC)c(OC)c1OC. The zero-order valence-corrected chi connectivity index (χ0v) is 15.7. The number of hydrogen-bond acceptors (Lipinski definition) is 6. The number of methoxy groups -OCH3 is 3. The Labute approximate surface area is 157 Å². The van der Waals surface area contributed by atoms with E-state index in [1.807, 2.05) is 37.4 Å². The molecule has 0 amide bonds. The topological polar surface area (TPSA) is 69.9 Å². The van der Waals surface area contributed by atoms with Crippen LogP contribution >= 0.6 is 0 Å². The summed E-state index contributed by atoms with van der Waals surface area (Å²) in [5.41, 5.74) is 3.54. The molecule has 27 heavy (non-hydrogen) atoms. The van der Waals surface area contributed by atoms with Gasteiger partial charge in [0.15, 0.2) is 17.8 Å². The number of nitrogens with one attached hydrogen (secondary N) is 1. The van der Waals surface area contributed by atoms with Crippen LogP contribution in [0.2, 0.25) is 0 Å². The van der Waals surface area contributed by atoms with Crippen molar-refractivity contribution < 1.29 is 23.4 Å². The number of aldehydes is 1. The smallest absolute Gasteiger partial charge is 0.203 e. The molecule has 2 aromatic carbocycles. The van der Waals surface area contributed by atoms with Gasteiger partial charge >= 0.3 is 0 Å². The molecule has 1 heterocycles. The van der Waals surface area contributed by atoms with E-state index in [2.05, 4.69) is 5.32 Å². The summed E-state index contributed by atoms with van der Waals surface area (Å²) in [5.74, 6) is 2.00. The zero-order chi connectivity index (χ0) is 19.4. The first kappa shape index (κ1) is 18.4. The van der Waals surface area contributed by atoms with Gasteiger partial charge in [-0.1, -0.05) is 0 Å².